The normalized spacial score (nSPS) is 11.4. The van der Waals surface area contributed by atoms with E-state index in [4.69, 9.17) is 16.3 Å². The number of hydrogen-bond acceptors (Lipinski definition) is 6. The molecule has 4 rings (SSSR count). The zero-order valence-electron chi connectivity index (χ0n) is 20.3. The Morgan fingerprint density at radius 3 is 2.65 bits per heavy atom. The van der Waals surface area contributed by atoms with E-state index in [-0.39, 0.29) is 34.2 Å². The summed E-state index contributed by atoms with van der Waals surface area (Å²) in [5.41, 5.74) is 2.15. The summed E-state index contributed by atoms with van der Waals surface area (Å²) >= 11 is 9.60. The molecule has 1 aromatic heterocycles. The molecule has 0 saturated heterocycles. The number of ether oxygens (including phenoxy) is 1. The first-order valence-electron chi connectivity index (χ1n) is 11.7. The Labute approximate surface area is 226 Å². The van der Waals surface area contributed by atoms with E-state index in [2.05, 4.69) is 26.0 Å². The standard InChI is InChI=1S/C27H24BrClN4O4/c1-3-4-5-25-31-23-11-10-20(28)13-22(23)27(34)32(25)30-15-19-12-21(29)14-24(33(35)36)26(19)37-16-18-8-6-17(2)7-9-18/h6-15H,3-5,16H2,1-2H3. The fourth-order valence-electron chi connectivity index (χ4n) is 3.76. The zero-order chi connectivity index (χ0) is 26.5. The van der Waals surface area contributed by atoms with Crippen LogP contribution in [0.3, 0.4) is 0 Å². The van der Waals surface area contributed by atoms with Crippen molar-refractivity contribution < 1.29 is 9.66 Å². The molecule has 0 aliphatic carbocycles. The minimum Gasteiger partial charge on any atom is -0.481 e. The van der Waals surface area contributed by atoms with Crippen LogP contribution < -0.4 is 10.3 Å². The van der Waals surface area contributed by atoms with E-state index in [0.29, 0.717) is 23.1 Å². The van der Waals surface area contributed by atoms with Crippen LogP contribution in [0.4, 0.5) is 5.69 Å². The molecule has 0 radical (unpaired) electrons. The van der Waals surface area contributed by atoms with Gasteiger partial charge in [0.1, 0.15) is 12.4 Å². The van der Waals surface area contributed by atoms with Gasteiger partial charge in [-0.1, -0.05) is 70.7 Å². The summed E-state index contributed by atoms with van der Waals surface area (Å²) < 4.78 is 7.89. The van der Waals surface area contributed by atoms with E-state index in [9.17, 15) is 14.9 Å². The number of halogens is 2. The fourth-order valence-corrected chi connectivity index (χ4v) is 4.34. The lowest BCUT2D eigenvalue weighted by Crippen LogP contribution is -2.22. The molecule has 0 bridgehead atoms. The molecule has 0 unspecified atom stereocenters. The van der Waals surface area contributed by atoms with Crippen LogP contribution in [-0.2, 0) is 13.0 Å². The van der Waals surface area contributed by atoms with Gasteiger partial charge in [0, 0.05) is 27.5 Å². The average Bonchev–Trinajstić information content (AvgIpc) is 2.87. The Kier molecular flexibility index (Phi) is 8.35. The number of rotatable bonds is 9. The maximum atomic E-state index is 13.4. The van der Waals surface area contributed by atoms with E-state index in [1.807, 2.05) is 44.2 Å². The third-order valence-electron chi connectivity index (χ3n) is 5.70. The highest BCUT2D eigenvalue weighted by Gasteiger charge is 2.21. The summed E-state index contributed by atoms with van der Waals surface area (Å²) in [6.45, 7) is 4.13. The molecule has 37 heavy (non-hydrogen) atoms. The van der Waals surface area contributed by atoms with Gasteiger partial charge < -0.3 is 4.74 Å². The van der Waals surface area contributed by atoms with E-state index < -0.39 is 4.92 Å². The lowest BCUT2D eigenvalue weighted by molar-refractivity contribution is -0.385. The third kappa shape index (κ3) is 6.23. The van der Waals surface area contributed by atoms with Gasteiger partial charge in [-0.3, -0.25) is 14.9 Å². The number of fused-ring (bicyclic) bond motifs is 1. The summed E-state index contributed by atoms with van der Waals surface area (Å²) in [4.78, 5) is 29.3. The van der Waals surface area contributed by atoms with Gasteiger partial charge in [-0.05, 0) is 43.2 Å². The summed E-state index contributed by atoms with van der Waals surface area (Å²) in [5.74, 6) is 0.509. The number of nitrogens with zero attached hydrogens (tertiary/aromatic N) is 4. The number of aromatic nitrogens is 2. The molecule has 0 N–H and O–H groups in total. The number of hydrogen-bond donors (Lipinski definition) is 0. The molecular weight excluding hydrogens is 560 g/mol. The topological polar surface area (TPSA) is 99.6 Å². The van der Waals surface area contributed by atoms with Gasteiger partial charge in [0.25, 0.3) is 5.56 Å². The summed E-state index contributed by atoms with van der Waals surface area (Å²) in [7, 11) is 0. The molecule has 0 atom stereocenters. The SMILES string of the molecule is CCCCc1nc2ccc(Br)cc2c(=O)n1N=Cc1cc(Cl)cc([N+](=O)[O-])c1OCc1ccc(C)cc1. The van der Waals surface area contributed by atoms with Crippen molar-refractivity contribution in [3.05, 3.63) is 107 Å². The lowest BCUT2D eigenvalue weighted by atomic mass is 10.1. The zero-order valence-corrected chi connectivity index (χ0v) is 22.6. The highest BCUT2D eigenvalue weighted by Crippen LogP contribution is 2.34. The number of nitro benzene ring substituents is 1. The van der Waals surface area contributed by atoms with Crippen molar-refractivity contribution in [3.8, 4) is 5.75 Å². The Morgan fingerprint density at radius 2 is 1.95 bits per heavy atom. The van der Waals surface area contributed by atoms with Crippen molar-refractivity contribution in [3.63, 3.8) is 0 Å². The Bertz CT molecular complexity index is 1550. The van der Waals surface area contributed by atoms with E-state index in [1.165, 1.54) is 23.0 Å². The van der Waals surface area contributed by atoms with Crippen LogP contribution in [0.15, 0.2) is 69.0 Å². The molecule has 0 spiro atoms. The van der Waals surface area contributed by atoms with Gasteiger partial charge >= 0.3 is 5.69 Å². The summed E-state index contributed by atoms with van der Waals surface area (Å²) in [6, 6.07) is 15.7. The molecular formula is C27H24BrClN4O4. The number of aryl methyl sites for hydroxylation is 2. The highest BCUT2D eigenvalue weighted by molar-refractivity contribution is 9.10. The molecule has 1 heterocycles. The van der Waals surface area contributed by atoms with Crippen molar-refractivity contribution >= 4 is 50.3 Å². The van der Waals surface area contributed by atoms with Gasteiger partial charge in [-0.2, -0.15) is 9.78 Å². The minimum atomic E-state index is -0.554. The van der Waals surface area contributed by atoms with Gasteiger partial charge in [0.15, 0.2) is 0 Å². The number of benzene rings is 3. The van der Waals surface area contributed by atoms with E-state index in [1.54, 1.807) is 12.1 Å². The Morgan fingerprint density at radius 1 is 1.19 bits per heavy atom. The monoisotopic (exact) mass is 582 g/mol. The van der Waals surface area contributed by atoms with Crippen LogP contribution in [0.25, 0.3) is 10.9 Å². The van der Waals surface area contributed by atoms with Crippen LogP contribution >= 0.6 is 27.5 Å². The van der Waals surface area contributed by atoms with Gasteiger partial charge in [0.05, 0.1) is 22.0 Å². The van der Waals surface area contributed by atoms with Crippen molar-refractivity contribution in [1.82, 2.24) is 9.66 Å². The second kappa shape index (κ2) is 11.7. The largest absolute Gasteiger partial charge is 0.481 e. The highest BCUT2D eigenvalue weighted by atomic mass is 79.9. The first kappa shape index (κ1) is 26.5. The third-order valence-corrected chi connectivity index (χ3v) is 6.42. The maximum absolute atomic E-state index is 13.4. The van der Waals surface area contributed by atoms with Crippen molar-refractivity contribution in [1.29, 1.82) is 0 Å². The molecule has 10 heteroatoms. The van der Waals surface area contributed by atoms with Crippen LogP contribution in [0, 0.1) is 17.0 Å². The summed E-state index contributed by atoms with van der Waals surface area (Å²) in [5, 5.41) is 16.8. The van der Waals surface area contributed by atoms with E-state index >= 15 is 0 Å². The Hall–Kier alpha value is -3.56. The molecule has 8 nitrogen and oxygen atoms in total. The maximum Gasteiger partial charge on any atom is 0.313 e. The Balaban J connectivity index is 1.80. The van der Waals surface area contributed by atoms with Gasteiger partial charge in [0.2, 0.25) is 5.75 Å². The number of nitro groups is 1. The van der Waals surface area contributed by atoms with Crippen molar-refractivity contribution in [2.24, 2.45) is 5.10 Å². The first-order valence-corrected chi connectivity index (χ1v) is 12.9. The molecule has 0 amide bonds. The van der Waals surface area contributed by atoms with Crippen molar-refractivity contribution in [2.45, 2.75) is 39.7 Å². The predicted octanol–water partition coefficient (Wildman–Crippen LogP) is 6.83. The first-order chi connectivity index (χ1) is 17.8. The van der Waals surface area contributed by atoms with Crippen LogP contribution in [0.5, 0.6) is 5.75 Å². The molecule has 3 aromatic carbocycles. The molecule has 0 aliphatic rings. The molecule has 0 fully saturated rings. The lowest BCUT2D eigenvalue weighted by Gasteiger charge is -2.12. The van der Waals surface area contributed by atoms with Crippen molar-refractivity contribution in [2.75, 3.05) is 0 Å². The quantitative estimate of drug-likeness (QED) is 0.122. The molecule has 0 saturated carbocycles. The molecule has 0 aliphatic heterocycles. The summed E-state index contributed by atoms with van der Waals surface area (Å²) in [6.07, 6.45) is 3.63. The minimum absolute atomic E-state index is 0.0124. The average molecular weight is 584 g/mol. The van der Waals surface area contributed by atoms with Crippen LogP contribution in [0.1, 0.15) is 42.3 Å². The molecule has 4 aromatic rings. The predicted molar refractivity (Wildman–Crippen MR) is 149 cm³/mol. The van der Waals surface area contributed by atoms with E-state index in [0.717, 1.165) is 28.4 Å². The second-order valence-corrected chi connectivity index (χ2v) is 9.88. The van der Waals surface area contributed by atoms with Crippen LogP contribution in [0.2, 0.25) is 5.02 Å². The molecule has 190 valence electrons. The van der Waals surface area contributed by atoms with Crippen LogP contribution in [-0.4, -0.2) is 20.8 Å². The van der Waals surface area contributed by atoms with Gasteiger partial charge in [-0.15, -0.1) is 0 Å². The number of unbranched alkanes of at least 4 members (excludes halogenated alkanes) is 1. The van der Waals surface area contributed by atoms with Gasteiger partial charge in [-0.25, -0.2) is 4.98 Å². The second-order valence-electron chi connectivity index (χ2n) is 8.53. The smallest absolute Gasteiger partial charge is 0.313 e. The fraction of sp³-hybridized carbons (Fsp3) is 0.222.